The smallest absolute Gasteiger partial charge is 0.194 e. The molecule has 0 radical (unpaired) electrons. The first-order valence-electron chi connectivity index (χ1n) is 11.6. The Labute approximate surface area is 209 Å². The van der Waals surface area contributed by atoms with Gasteiger partial charge >= 0.3 is 0 Å². The first-order chi connectivity index (χ1) is 15.2. The number of halogens is 1. The van der Waals surface area contributed by atoms with E-state index in [1.165, 1.54) is 38.3 Å². The molecule has 0 amide bonds. The summed E-state index contributed by atoms with van der Waals surface area (Å²) < 4.78 is 11.0. The second kappa shape index (κ2) is 12.2. The lowest BCUT2D eigenvalue weighted by molar-refractivity contribution is 0.0173. The summed E-state index contributed by atoms with van der Waals surface area (Å²) in [6, 6.07) is 6.59. The van der Waals surface area contributed by atoms with E-state index in [4.69, 9.17) is 14.5 Å². The second-order valence-electron chi connectivity index (χ2n) is 8.63. The zero-order chi connectivity index (χ0) is 21.6. The van der Waals surface area contributed by atoms with Gasteiger partial charge in [0.25, 0.3) is 0 Å². The first-order valence-corrected chi connectivity index (χ1v) is 11.6. The second-order valence-corrected chi connectivity index (χ2v) is 8.63. The number of hydrogen-bond acceptors (Lipinski definition) is 6. The number of guanidine groups is 1. The number of rotatable bonds is 7. The monoisotopic (exact) mass is 558 g/mol. The van der Waals surface area contributed by atoms with E-state index in [9.17, 15) is 0 Å². The van der Waals surface area contributed by atoms with E-state index in [0.29, 0.717) is 6.04 Å². The van der Waals surface area contributed by atoms with Crippen molar-refractivity contribution in [1.29, 1.82) is 0 Å². The fraction of sp³-hybridized carbons (Fsp3) is 0.696. The van der Waals surface area contributed by atoms with Crippen LogP contribution in [0.1, 0.15) is 12.5 Å². The van der Waals surface area contributed by atoms with Gasteiger partial charge in [0.2, 0.25) is 0 Å². The fourth-order valence-electron chi connectivity index (χ4n) is 4.88. The molecule has 0 aromatic heterocycles. The highest BCUT2D eigenvalue weighted by atomic mass is 127. The van der Waals surface area contributed by atoms with Crippen LogP contribution in [-0.4, -0.2) is 118 Å². The maximum absolute atomic E-state index is 5.56. The maximum Gasteiger partial charge on any atom is 0.194 e. The van der Waals surface area contributed by atoms with Crippen LogP contribution in [0, 0.1) is 0 Å². The molecule has 0 saturated carbocycles. The SMILES string of the molecule is CCNC(=NCC1CN2CCN1CC2)N1CCN(Cc2cc(OC)ccc2OC)CC1.I. The summed E-state index contributed by atoms with van der Waals surface area (Å²) in [4.78, 5) is 15.1. The Bertz CT molecular complexity index is 748. The van der Waals surface area contributed by atoms with E-state index in [-0.39, 0.29) is 24.0 Å². The molecule has 4 saturated heterocycles. The van der Waals surface area contributed by atoms with E-state index in [1.54, 1.807) is 14.2 Å². The van der Waals surface area contributed by atoms with Crippen molar-refractivity contribution in [3.05, 3.63) is 23.8 Å². The maximum atomic E-state index is 5.56. The molecular formula is C23H39IN6O2. The van der Waals surface area contributed by atoms with Crippen molar-refractivity contribution in [3.63, 3.8) is 0 Å². The molecule has 0 spiro atoms. The van der Waals surface area contributed by atoms with Crippen LogP contribution < -0.4 is 14.8 Å². The van der Waals surface area contributed by atoms with Gasteiger partial charge in [0.1, 0.15) is 11.5 Å². The zero-order valence-electron chi connectivity index (χ0n) is 19.8. The molecule has 0 aliphatic carbocycles. The van der Waals surface area contributed by atoms with Crippen molar-refractivity contribution in [2.45, 2.75) is 19.5 Å². The van der Waals surface area contributed by atoms with Gasteiger partial charge in [-0.25, -0.2) is 0 Å². The molecule has 4 fully saturated rings. The molecule has 1 aromatic carbocycles. The average molecular weight is 559 g/mol. The molecule has 32 heavy (non-hydrogen) atoms. The number of aliphatic imine (C=N–C) groups is 1. The van der Waals surface area contributed by atoms with Crippen LogP contribution in [0.3, 0.4) is 0 Å². The zero-order valence-corrected chi connectivity index (χ0v) is 22.1. The summed E-state index contributed by atoms with van der Waals surface area (Å²) in [6.07, 6.45) is 0. The quantitative estimate of drug-likeness (QED) is 0.309. The van der Waals surface area contributed by atoms with Crippen molar-refractivity contribution in [2.75, 3.05) is 86.2 Å². The van der Waals surface area contributed by atoms with Crippen molar-refractivity contribution in [2.24, 2.45) is 4.99 Å². The molecule has 4 aliphatic rings. The van der Waals surface area contributed by atoms with Gasteiger partial charge in [-0.1, -0.05) is 0 Å². The number of fused-ring (bicyclic) bond motifs is 3. The van der Waals surface area contributed by atoms with E-state index >= 15 is 0 Å². The predicted octanol–water partition coefficient (Wildman–Crippen LogP) is 1.40. The highest BCUT2D eigenvalue weighted by Crippen LogP contribution is 2.25. The number of benzene rings is 1. The summed E-state index contributed by atoms with van der Waals surface area (Å²) in [6.45, 7) is 14.8. The van der Waals surface area contributed by atoms with Gasteiger partial charge in [0.15, 0.2) is 5.96 Å². The van der Waals surface area contributed by atoms with Crippen LogP contribution in [0.2, 0.25) is 0 Å². The molecule has 8 nitrogen and oxygen atoms in total. The van der Waals surface area contributed by atoms with Gasteiger partial charge in [-0.3, -0.25) is 19.7 Å². The average Bonchev–Trinajstić information content (AvgIpc) is 2.83. The summed E-state index contributed by atoms with van der Waals surface area (Å²) in [5.74, 6) is 2.86. The molecule has 1 atom stereocenters. The third-order valence-corrected chi connectivity index (χ3v) is 6.73. The Hall–Kier alpha value is -1.30. The van der Waals surface area contributed by atoms with Gasteiger partial charge < -0.3 is 19.7 Å². The van der Waals surface area contributed by atoms with E-state index in [2.05, 4.69) is 37.9 Å². The van der Waals surface area contributed by atoms with Crippen LogP contribution in [0.4, 0.5) is 0 Å². The lowest BCUT2D eigenvalue weighted by atomic mass is 10.1. The van der Waals surface area contributed by atoms with Gasteiger partial charge in [0, 0.05) is 83.6 Å². The molecule has 9 heteroatoms. The van der Waals surface area contributed by atoms with Gasteiger partial charge in [0.05, 0.1) is 20.8 Å². The summed E-state index contributed by atoms with van der Waals surface area (Å²) in [5, 5.41) is 3.52. The highest BCUT2D eigenvalue weighted by Gasteiger charge is 2.31. The largest absolute Gasteiger partial charge is 0.497 e. The number of nitrogens with one attached hydrogen (secondary N) is 1. The number of nitrogens with zero attached hydrogens (tertiary/aromatic N) is 5. The molecular weight excluding hydrogens is 519 g/mol. The fourth-order valence-corrected chi connectivity index (χ4v) is 4.88. The Morgan fingerprint density at radius 1 is 1.03 bits per heavy atom. The minimum Gasteiger partial charge on any atom is -0.497 e. The molecule has 4 aliphatic heterocycles. The Balaban J connectivity index is 0.00000289. The Kier molecular flexibility index (Phi) is 9.69. The summed E-state index contributed by atoms with van der Waals surface area (Å²) >= 11 is 0. The molecule has 1 N–H and O–H groups in total. The first kappa shape index (κ1) is 25.3. The lowest BCUT2D eigenvalue weighted by Crippen LogP contribution is -2.62. The topological polar surface area (TPSA) is 55.8 Å². The normalized spacial score (nSPS) is 25.9. The van der Waals surface area contributed by atoms with Gasteiger partial charge in [-0.15, -0.1) is 24.0 Å². The molecule has 180 valence electrons. The lowest BCUT2D eigenvalue weighted by Gasteiger charge is -2.47. The van der Waals surface area contributed by atoms with Crippen LogP contribution >= 0.6 is 24.0 Å². The van der Waals surface area contributed by atoms with Gasteiger partial charge in [-0.2, -0.15) is 0 Å². The van der Waals surface area contributed by atoms with Crippen molar-refractivity contribution < 1.29 is 9.47 Å². The Morgan fingerprint density at radius 3 is 2.38 bits per heavy atom. The molecule has 4 heterocycles. The predicted molar refractivity (Wildman–Crippen MR) is 140 cm³/mol. The summed E-state index contributed by atoms with van der Waals surface area (Å²) in [7, 11) is 3.44. The minimum atomic E-state index is 0. The van der Waals surface area contributed by atoms with Gasteiger partial charge in [-0.05, 0) is 25.1 Å². The van der Waals surface area contributed by atoms with Crippen molar-refractivity contribution >= 4 is 29.9 Å². The minimum absolute atomic E-state index is 0. The third kappa shape index (κ3) is 6.18. The molecule has 1 aromatic rings. The Morgan fingerprint density at radius 2 is 1.78 bits per heavy atom. The number of ether oxygens (including phenoxy) is 2. The number of hydrogen-bond donors (Lipinski definition) is 1. The van der Waals surface area contributed by atoms with Crippen LogP contribution in [0.5, 0.6) is 11.5 Å². The summed E-state index contributed by atoms with van der Waals surface area (Å²) in [5.41, 5.74) is 1.17. The standard InChI is InChI=1S/C23H38N6O2.HI/c1-4-24-23(25-16-20-18-27-7-11-28(20)12-8-27)29-13-9-26(10-14-29)17-19-15-21(30-2)5-6-22(19)31-3;/h5-6,15,20H,4,7-14,16-18H2,1-3H3,(H,24,25);1H. The van der Waals surface area contributed by atoms with Crippen LogP contribution in [0.15, 0.2) is 23.2 Å². The molecule has 5 rings (SSSR count). The van der Waals surface area contributed by atoms with Crippen LogP contribution in [-0.2, 0) is 6.54 Å². The van der Waals surface area contributed by atoms with E-state index < -0.39 is 0 Å². The van der Waals surface area contributed by atoms with Crippen LogP contribution in [0.25, 0.3) is 0 Å². The number of methoxy groups -OCH3 is 2. The van der Waals surface area contributed by atoms with Crippen molar-refractivity contribution in [1.82, 2.24) is 24.9 Å². The van der Waals surface area contributed by atoms with E-state index in [0.717, 1.165) is 63.3 Å². The third-order valence-electron chi connectivity index (χ3n) is 6.73. The number of piperazine rings is 4. The van der Waals surface area contributed by atoms with E-state index in [1.807, 2.05) is 12.1 Å². The van der Waals surface area contributed by atoms with Crippen molar-refractivity contribution in [3.8, 4) is 11.5 Å². The highest BCUT2D eigenvalue weighted by molar-refractivity contribution is 14.0. The molecule has 2 bridgehead atoms. The molecule has 1 unspecified atom stereocenters.